The van der Waals surface area contributed by atoms with E-state index in [9.17, 15) is 9.59 Å². The second-order valence-corrected chi connectivity index (χ2v) is 11.9. The largest absolute Gasteiger partial charge is 0.382 e. The quantitative estimate of drug-likeness (QED) is 0.254. The first kappa shape index (κ1) is 30.3. The number of nitrogens with one attached hydrogen (secondary N) is 2. The van der Waals surface area contributed by atoms with E-state index in [2.05, 4.69) is 66.6 Å². The summed E-state index contributed by atoms with van der Waals surface area (Å²) in [4.78, 5) is 28.8. The van der Waals surface area contributed by atoms with Crippen LogP contribution in [-0.2, 0) is 16.6 Å². The van der Waals surface area contributed by atoms with Crippen molar-refractivity contribution in [3.05, 3.63) is 95.1 Å². The predicted molar refractivity (Wildman–Crippen MR) is 168 cm³/mol. The molecule has 0 radical (unpaired) electrons. The Hall–Kier alpha value is -3.64. The fourth-order valence-electron chi connectivity index (χ4n) is 5.34. The average Bonchev–Trinajstić information content (AvgIpc) is 2.97. The van der Waals surface area contributed by atoms with Gasteiger partial charge in [0.05, 0.1) is 5.56 Å². The summed E-state index contributed by atoms with van der Waals surface area (Å²) in [7, 11) is 0. The van der Waals surface area contributed by atoms with Crippen molar-refractivity contribution in [2.75, 3.05) is 43.1 Å². The SMILES string of the molecule is CCOCCCNC(=O)c1cc(NC(=O)c2ccc(C(C)(C)C)cc2)ccc1N1CCC(Cc2ccccc2)CC1. The van der Waals surface area contributed by atoms with Crippen LogP contribution in [0.2, 0.25) is 0 Å². The first-order valence-electron chi connectivity index (χ1n) is 15.0. The molecule has 1 aliphatic rings. The van der Waals surface area contributed by atoms with E-state index < -0.39 is 0 Å². The minimum atomic E-state index is -0.192. The molecule has 2 N–H and O–H groups in total. The van der Waals surface area contributed by atoms with Crippen LogP contribution in [0.5, 0.6) is 0 Å². The van der Waals surface area contributed by atoms with Gasteiger partial charge in [-0.15, -0.1) is 0 Å². The van der Waals surface area contributed by atoms with Crippen LogP contribution >= 0.6 is 0 Å². The van der Waals surface area contributed by atoms with E-state index in [4.69, 9.17) is 4.74 Å². The second kappa shape index (κ2) is 14.3. The van der Waals surface area contributed by atoms with Gasteiger partial charge in [0.1, 0.15) is 0 Å². The normalized spacial score (nSPS) is 14.1. The van der Waals surface area contributed by atoms with Crippen molar-refractivity contribution in [3.8, 4) is 0 Å². The molecule has 1 heterocycles. The van der Waals surface area contributed by atoms with Crippen LogP contribution in [0.4, 0.5) is 11.4 Å². The van der Waals surface area contributed by atoms with Gasteiger partial charge in [-0.25, -0.2) is 0 Å². The van der Waals surface area contributed by atoms with Gasteiger partial charge in [-0.3, -0.25) is 9.59 Å². The van der Waals surface area contributed by atoms with Crippen molar-refractivity contribution >= 4 is 23.2 Å². The molecule has 3 aromatic rings. The number of piperidine rings is 1. The number of benzene rings is 3. The Kier molecular flexibility index (Phi) is 10.6. The van der Waals surface area contributed by atoms with E-state index in [0.29, 0.717) is 42.5 Å². The summed E-state index contributed by atoms with van der Waals surface area (Å²) in [5.41, 5.74) is 5.27. The molecule has 1 fully saturated rings. The third-order valence-corrected chi connectivity index (χ3v) is 7.79. The monoisotopic (exact) mass is 555 g/mol. The van der Waals surface area contributed by atoms with Crippen LogP contribution in [0, 0.1) is 5.92 Å². The Bertz CT molecular complexity index is 1270. The molecule has 0 aliphatic carbocycles. The molecule has 41 heavy (non-hydrogen) atoms. The molecule has 218 valence electrons. The van der Waals surface area contributed by atoms with Crippen molar-refractivity contribution in [3.63, 3.8) is 0 Å². The molecule has 6 nitrogen and oxygen atoms in total. The van der Waals surface area contributed by atoms with Crippen molar-refractivity contribution in [1.29, 1.82) is 0 Å². The maximum atomic E-state index is 13.4. The van der Waals surface area contributed by atoms with Crippen LogP contribution in [0.3, 0.4) is 0 Å². The highest BCUT2D eigenvalue weighted by atomic mass is 16.5. The fraction of sp³-hybridized carbons (Fsp3) is 0.429. The smallest absolute Gasteiger partial charge is 0.255 e. The van der Waals surface area contributed by atoms with Gasteiger partial charge in [0.2, 0.25) is 0 Å². The van der Waals surface area contributed by atoms with Crippen molar-refractivity contribution in [1.82, 2.24) is 5.32 Å². The summed E-state index contributed by atoms with van der Waals surface area (Å²) in [5, 5.41) is 6.06. The zero-order valence-electron chi connectivity index (χ0n) is 25.0. The lowest BCUT2D eigenvalue weighted by molar-refractivity contribution is 0.0943. The molecule has 0 spiro atoms. The number of anilines is 2. The number of carbonyl (C=O) groups excluding carboxylic acids is 2. The van der Waals surface area contributed by atoms with Gasteiger partial charge >= 0.3 is 0 Å². The molecular formula is C35H45N3O3. The summed E-state index contributed by atoms with van der Waals surface area (Å²) in [5.74, 6) is 0.310. The van der Waals surface area contributed by atoms with Crippen LogP contribution in [0.15, 0.2) is 72.8 Å². The molecule has 1 aliphatic heterocycles. The summed E-state index contributed by atoms with van der Waals surface area (Å²) >= 11 is 0. The molecule has 0 saturated carbocycles. The first-order chi connectivity index (χ1) is 19.7. The van der Waals surface area contributed by atoms with Gasteiger partial charge in [-0.1, -0.05) is 63.2 Å². The summed E-state index contributed by atoms with van der Waals surface area (Å²) in [6.07, 6.45) is 3.99. The number of carbonyl (C=O) groups is 2. The van der Waals surface area contributed by atoms with Crippen molar-refractivity contribution < 1.29 is 14.3 Å². The van der Waals surface area contributed by atoms with E-state index in [-0.39, 0.29) is 17.2 Å². The van der Waals surface area contributed by atoms with E-state index in [1.165, 1.54) is 11.1 Å². The molecule has 0 atom stereocenters. The number of ether oxygens (including phenoxy) is 1. The van der Waals surface area contributed by atoms with E-state index in [0.717, 1.165) is 44.5 Å². The van der Waals surface area contributed by atoms with Crippen LogP contribution < -0.4 is 15.5 Å². The molecule has 0 unspecified atom stereocenters. The highest BCUT2D eigenvalue weighted by Gasteiger charge is 2.24. The van der Waals surface area contributed by atoms with Crippen molar-refractivity contribution in [2.24, 2.45) is 5.92 Å². The third-order valence-electron chi connectivity index (χ3n) is 7.79. The molecule has 1 saturated heterocycles. The molecule has 6 heteroatoms. The highest BCUT2D eigenvalue weighted by Crippen LogP contribution is 2.30. The molecule has 4 rings (SSSR count). The number of hydrogen-bond acceptors (Lipinski definition) is 4. The topological polar surface area (TPSA) is 70.7 Å². The number of rotatable bonds is 11. The highest BCUT2D eigenvalue weighted by molar-refractivity contribution is 6.06. The minimum absolute atomic E-state index is 0.0196. The Morgan fingerprint density at radius 3 is 2.29 bits per heavy atom. The Morgan fingerprint density at radius 2 is 1.63 bits per heavy atom. The first-order valence-corrected chi connectivity index (χ1v) is 15.0. The van der Waals surface area contributed by atoms with Gasteiger partial charge in [0, 0.05) is 49.8 Å². The molecule has 0 aromatic heterocycles. The maximum absolute atomic E-state index is 13.4. The summed E-state index contributed by atoms with van der Waals surface area (Å²) in [6, 6.07) is 24.1. The minimum Gasteiger partial charge on any atom is -0.382 e. The van der Waals surface area contributed by atoms with Crippen LogP contribution in [0.1, 0.15) is 78.8 Å². The number of amides is 2. The van der Waals surface area contributed by atoms with Gasteiger partial charge in [-0.2, -0.15) is 0 Å². The summed E-state index contributed by atoms with van der Waals surface area (Å²) < 4.78 is 5.42. The Morgan fingerprint density at radius 1 is 0.927 bits per heavy atom. The molecule has 2 amide bonds. The standard InChI is InChI=1S/C35H45N3O3/c1-5-41-23-9-20-36-34(40)31-25-30(37-33(39)28-12-14-29(15-13-28)35(2,3)4)16-17-32(31)38-21-18-27(19-22-38)24-26-10-7-6-8-11-26/h6-8,10-17,25,27H,5,9,18-24H2,1-4H3,(H,36,40)(H,37,39). The van der Waals surface area contributed by atoms with Crippen molar-refractivity contribution in [2.45, 2.75) is 58.8 Å². The van der Waals surface area contributed by atoms with Crippen LogP contribution in [-0.4, -0.2) is 44.7 Å². The molecular weight excluding hydrogens is 510 g/mol. The summed E-state index contributed by atoms with van der Waals surface area (Å²) in [6.45, 7) is 12.0. The Balaban J connectivity index is 1.47. The van der Waals surface area contributed by atoms with E-state index in [1.807, 2.05) is 49.4 Å². The maximum Gasteiger partial charge on any atom is 0.255 e. The van der Waals surface area contributed by atoms with Gasteiger partial charge in [0.25, 0.3) is 11.8 Å². The lowest BCUT2D eigenvalue weighted by Crippen LogP contribution is -2.36. The van der Waals surface area contributed by atoms with Gasteiger partial charge in [0.15, 0.2) is 0 Å². The molecule has 3 aromatic carbocycles. The second-order valence-electron chi connectivity index (χ2n) is 11.9. The van der Waals surface area contributed by atoms with Crippen LogP contribution in [0.25, 0.3) is 0 Å². The molecule has 0 bridgehead atoms. The van der Waals surface area contributed by atoms with E-state index in [1.54, 1.807) is 0 Å². The van der Waals surface area contributed by atoms with Gasteiger partial charge in [-0.05, 0) is 85.4 Å². The number of hydrogen-bond donors (Lipinski definition) is 2. The zero-order valence-corrected chi connectivity index (χ0v) is 25.0. The van der Waals surface area contributed by atoms with Gasteiger partial charge < -0.3 is 20.3 Å². The average molecular weight is 556 g/mol. The lowest BCUT2D eigenvalue weighted by atomic mass is 9.87. The fourth-order valence-corrected chi connectivity index (χ4v) is 5.34. The van der Waals surface area contributed by atoms with E-state index >= 15 is 0 Å². The third kappa shape index (κ3) is 8.67. The lowest BCUT2D eigenvalue weighted by Gasteiger charge is -2.35. The predicted octanol–water partition coefficient (Wildman–Crippen LogP) is 6.85. The Labute approximate surface area is 245 Å². The number of nitrogens with zero attached hydrogens (tertiary/aromatic N) is 1. The zero-order chi connectivity index (χ0) is 29.2.